The smallest absolute Gasteiger partial charge is 0.323 e. The summed E-state index contributed by atoms with van der Waals surface area (Å²) in [5.74, 6) is -11.2. The largest absolute Gasteiger partial charge is 0.480 e. The molecule has 0 unspecified atom stereocenters. The third kappa shape index (κ3) is 2.69. The lowest BCUT2D eigenvalue weighted by Gasteiger charge is -2.13. The van der Waals surface area contributed by atoms with E-state index in [4.69, 9.17) is 26.2 Å². The first-order valence-corrected chi connectivity index (χ1v) is 5.84. The summed E-state index contributed by atoms with van der Waals surface area (Å²) in [6, 6.07) is 0. The molecule has 10 heteroatoms. The molecular weight excluding hydrogens is 294 g/mol. The van der Waals surface area contributed by atoms with Crippen LogP contribution in [0.4, 0.5) is 5.69 Å². The molecule has 0 aromatic carbocycles. The van der Waals surface area contributed by atoms with E-state index in [-0.39, 0.29) is 5.69 Å². The first-order chi connectivity index (χ1) is 9.18. The molecule has 0 saturated heterocycles. The maximum atomic E-state index is 11.0. The molecule has 1 aromatic heterocycles. The van der Waals surface area contributed by atoms with Gasteiger partial charge in [0.05, 0.1) is 0 Å². The zero-order valence-electron chi connectivity index (χ0n) is 9.64. The maximum absolute atomic E-state index is 11.0. The highest BCUT2D eigenvalue weighted by molar-refractivity contribution is 7.11. The van der Waals surface area contributed by atoms with Crippen molar-refractivity contribution in [2.24, 2.45) is 0 Å². The minimum absolute atomic E-state index is 0.271. The second-order valence-corrected chi connectivity index (χ2v) is 4.60. The Labute approximate surface area is 114 Å². The second kappa shape index (κ2) is 5.57. The van der Waals surface area contributed by atoms with Crippen molar-refractivity contribution in [3.8, 4) is 0 Å². The zero-order valence-corrected chi connectivity index (χ0v) is 10.5. The van der Waals surface area contributed by atoms with Crippen LogP contribution >= 0.6 is 11.3 Å². The molecule has 0 radical (unpaired) electrons. The third-order valence-corrected chi connectivity index (χ3v) is 3.51. The van der Waals surface area contributed by atoms with Gasteiger partial charge in [-0.25, -0.2) is 0 Å². The molecule has 1 aromatic rings. The van der Waals surface area contributed by atoms with Gasteiger partial charge in [-0.2, -0.15) is 0 Å². The van der Waals surface area contributed by atoms with Crippen LogP contribution in [0.2, 0.25) is 0 Å². The zero-order chi connectivity index (χ0) is 15.6. The van der Waals surface area contributed by atoms with Gasteiger partial charge in [-0.1, -0.05) is 0 Å². The fraction of sp³-hybridized carbons (Fsp3) is 0.200. The van der Waals surface area contributed by atoms with Gasteiger partial charge in [0.25, 0.3) is 0 Å². The normalized spacial score (nSPS) is 10.7. The lowest BCUT2D eigenvalue weighted by Crippen LogP contribution is -2.26. The van der Waals surface area contributed by atoms with Gasteiger partial charge in [-0.3, -0.25) is 19.2 Å². The molecule has 0 atom stereocenters. The van der Waals surface area contributed by atoms with Crippen LogP contribution in [0.15, 0.2) is 5.38 Å². The minimum atomic E-state index is -2.13. The topological polar surface area (TPSA) is 175 Å². The minimum Gasteiger partial charge on any atom is -0.480 e. The van der Waals surface area contributed by atoms with E-state index in [9.17, 15) is 19.2 Å². The van der Waals surface area contributed by atoms with Gasteiger partial charge in [0.2, 0.25) is 0 Å². The number of carboxylic acid groups (broad SMARTS) is 4. The Morgan fingerprint density at radius 2 is 1.30 bits per heavy atom. The Balaban J connectivity index is 3.52. The van der Waals surface area contributed by atoms with Crippen LogP contribution in [-0.2, 0) is 19.2 Å². The predicted molar refractivity (Wildman–Crippen MR) is 64.8 cm³/mol. The molecule has 1 heterocycles. The first-order valence-electron chi connectivity index (χ1n) is 4.96. The molecular formula is C10H9NO8S. The number of hydrogen-bond acceptors (Lipinski definition) is 6. The van der Waals surface area contributed by atoms with Crippen LogP contribution in [-0.4, -0.2) is 44.3 Å². The molecule has 6 N–H and O–H groups in total. The Bertz CT molecular complexity index is 564. The van der Waals surface area contributed by atoms with Crippen LogP contribution < -0.4 is 5.73 Å². The molecule has 20 heavy (non-hydrogen) atoms. The quantitative estimate of drug-likeness (QED) is 0.447. The van der Waals surface area contributed by atoms with Crippen molar-refractivity contribution < 1.29 is 39.6 Å². The Morgan fingerprint density at radius 3 is 1.65 bits per heavy atom. The van der Waals surface area contributed by atoms with Gasteiger partial charge < -0.3 is 26.2 Å². The summed E-state index contributed by atoms with van der Waals surface area (Å²) in [6.07, 6.45) is 0. The lowest BCUT2D eigenvalue weighted by molar-refractivity contribution is -0.152. The fourth-order valence-electron chi connectivity index (χ4n) is 1.61. The number of nitrogen functional groups attached to an aromatic ring is 1. The van der Waals surface area contributed by atoms with Crippen molar-refractivity contribution in [2.45, 2.75) is 11.8 Å². The molecule has 0 aliphatic carbocycles. The van der Waals surface area contributed by atoms with Gasteiger partial charge in [0.1, 0.15) is 0 Å². The standard InChI is InChI=1S/C10H9NO8S/c11-2-1-20-6(5(9(16)17)10(18)19)3(2)4(7(12)13)8(14)15/h1,4-5H,11H2,(H,12,13)(H,14,15)(H,16,17)(H,18,19). The van der Waals surface area contributed by atoms with E-state index in [0.717, 1.165) is 5.38 Å². The van der Waals surface area contributed by atoms with Crippen molar-refractivity contribution in [1.29, 1.82) is 0 Å². The van der Waals surface area contributed by atoms with E-state index in [1.807, 2.05) is 0 Å². The van der Waals surface area contributed by atoms with Gasteiger partial charge in [-0.05, 0) is 0 Å². The van der Waals surface area contributed by atoms with E-state index in [0.29, 0.717) is 11.3 Å². The van der Waals surface area contributed by atoms with Crippen LogP contribution in [0.25, 0.3) is 0 Å². The summed E-state index contributed by atoms with van der Waals surface area (Å²) in [4.78, 5) is 43.5. The van der Waals surface area contributed by atoms with Crippen molar-refractivity contribution >= 4 is 40.9 Å². The fourth-order valence-corrected chi connectivity index (χ4v) is 2.69. The molecule has 0 spiro atoms. The predicted octanol–water partition coefficient (Wildman–Crippen LogP) is -0.164. The summed E-state index contributed by atoms with van der Waals surface area (Å²) in [5, 5.41) is 36.7. The highest BCUT2D eigenvalue weighted by Crippen LogP contribution is 2.37. The Hall–Kier alpha value is -2.62. The highest BCUT2D eigenvalue weighted by atomic mass is 32.1. The van der Waals surface area contributed by atoms with Gasteiger partial charge >= 0.3 is 23.9 Å². The van der Waals surface area contributed by atoms with Crippen LogP contribution in [0.5, 0.6) is 0 Å². The maximum Gasteiger partial charge on any atom is 0.323 e. The van der Waals surface area contributed by atoms with Crippen LogP contribution in [0.1, 0.15) is 22.3 Å². The van der Waals surface area contributed by atoms with E-state index < -0.39 is 46.2 Å². The molecule has 0 aliphatic heterocycles. The number of aliphatic carboxylic acids is 4. The van der Waals surface area contributed by atoms with E-state index >= 15 is 0 Å². The lowest BCUT2D eigenvalue weighted by atomic mass is 9.93. The number of hydrogen-bond donors (Lipinski definition) is 5. The molecule has 0 aliphatic rings. The van der Waals surface area contributed by atoms with Gasteiger partial charge in [0, 0.05) is 21.5 Å². The molecule has 0 bridgehead atoms. The van der Waals surface area contributed by atoms with Crippen molar-refractivity contribution in [3.63, 3.8) is 0 Å². The monoisotopic (exact) mass is 303 g/mol. The Kier molecular flexibility index (Phi) is 4.30. The summed E-state index contributed by atoms with van der Waals surface area (Å²) in [5.41, 5.74) is 4.67. The summed E-state index contributed by atoms with van der Waals surface area (Å²) in [6.45, 7) is 0. The van der Waals surface area contributed by atoms with Crippen LogP contribution in [0, 0.1) is 0 Å². The van der Waals surface area contributed by atoms with Gasteiger partial charge in [0.15, 0.2) is 11.8 Å². The summed E-state index contributed by atoms with van der Waals surface area (Å²) < 4.78 is 0. The number of anilines is 1. The average Bonchev–Trinajstić information content (AvgIpc) is 2.60. The van der Waals surface area contributed by atoms with Gasteiger partial charge in [-0.15, -0.1) is 11.3 Å². The first kappa shape index (κ1) is 15.4. The number of rotatable bonds is 6. The van der Waals surface area contributed by atoms with Crippen molar-refractivity contribution in [1.82, 2.24) is 0 Å². The molecule has 0 fully saturated rings. The molecule has 108 valence electrons. The third-order valence-electron chi connectivity index (χ3n) is 2.43. The number of thiophene rings is 1. The van der Waals surface area contributed by atoms with E-state index in [1.54, 1.807) is 0 Å². The average molecular weight is 303 g/mol. The molecule has 0 saturated carbocycles. The number of nitrogens with two attached hydrogens (primary N) is 1. The highest BCUT2D eigenvalue weighted by Gasteiger charge is 2.39. The van der Waals surface area contributed by atoms with Crippen molar-refractivity contribution in [3.05, 3.63) is 15.8 Å². The number of carboxylic acids is 4. The molecule has 0 amide bonds. The van der Waals surface area contributed by atoms with Crippen molar-refractivity contribution in [2.75, 3.05) is 5.73 Å². The van der Waals surface area contributed by atoms with E-state index in [2.05, 4.69) is 0 Å². The summed E-state index contributed by atoms with van der Waals surface area (Å²) in [7, 11) is 0. The molecule has 1 rings (SSSR count). The van der Waals surface area contributed by atoms with E-state index in [1.165, 1.54) is 0 Å². The Morgan fingerprint density at radius 1 is 0.900 bits per heavy atom. The summed E-state index contributed by atoms with van der Waals surface area (Å²) >= 11 is 0.591. The van der Waals surface area contributed by atoms with Crippen LogP contribution in [0.3, 0.4) is 0 Å². The second-order valence-electron chi connectivity index (χ2n) is 3.69. The SMILES string of the molecule is Nc1csc(C(C(=O)O)C(=O)O)c1C(C(=O)O)C(=O)O. The molecule has 9 nitrogen and oxygen atoms in total. The number of carbonyl (C=O) groups is 4.